The molecular weight excluding hydrogens is 468 g/mol. The molecule has 0 heterocycles. The van der Waals surface area contributed by atoms with Crippen LogP contribution in [-0.2, 0) is 0 Å². The van der Waals surface area contributed by atoms with E-state index in [1.165, 1.54) is 82.0 Å². The maximum absolute atomic E-state index is 2.34. The van der Waals surface area contributed by atoms with Gasteiger partial charge in [-0.25, -0.2) is 0 Å². The van der Waals surface area contributed by atoms with E-state index in [9.17, 15) is 0 Å². The third-order valence-corrected chi connectivity index (χ3v) is 8.24. The molecule has 8 rings (SSSR count). The van der Waals surface area contributed by atoms with Crippen LogP contribution in [0, 0.1) is 6.92 Å². The molecule has 0 heteroatoms. The fourth-order valence-corrected chi connectivity index (χ4v) is 6.48. The highest BCUT2D eigenvalue weighted by molar-refractivity contribution is 6.28. The molecule has 8 aromatic rings. The van der Waals surface area contributed by atoms with E-state index in [1.807, 2.05) is 0 Å². The Morgan fingerprint density at radius 3 is 1.72 bits per heavy atom. The number of hydrogen-bond acceptors (Lipinski definition) is 0. The van der Waals surface area contributed by atoms with Crippen molar-refractivity contribution in [1.82, 2.24) is 0 Å². The van der Waals surface area contributed by atoms with Gasteiger partial charge in [0.05, 0.1) is 0 Å². The molecule has 0 bridgehead atoms. The minimum absolute atomic E-state index is 1.25. The molecule has 0 amide bonds. The third-order valence-electron chi connectivity index (χ3n) is 8.24. The van der Waals surface area contributed by atoms with Crippen LogP contribution in [0.2, 0.25) is 0 Å². The molecular formula is C39H26. The van der Waals surface area contributed by atoms with E-state index in [1.54, 1.807) is 0 Å². The average Bonchev–Trinajstić information content (AvgIpc) is 2.99. The summed E-state index contributed by atoms with van der Waals surface area (Å²) in [4.78, 5) is 0. The lowest BCUT2D eigenvalue weighted by Crippen LogP contribution is -1.91. The van der Waals surface area contributed by atoms with Gasteiger partial charge in [-0.15, -0.1) is 0 Å². The van der Waals surface area contributed by atoms with E-state index in [0.717, 1.165) is 0 Å². The van der Waals surface area contributed by atoms with Crippen LogP contribution in [0.5, 0.6) is 0 Å². The highest BCUT2D eigenvalue weighted by atomic mass is 14.2. The summed E-state index contributed by atoms with van der Waals surface area (Å²) in [6, 6.07) is 51.4. The Kier molecular flexibility index (Phi) is 4.84. The van der Waals surface area contributed by atoms with Crippen molar-refractivity contribution >= 4 is 43.1 Å². The van der Waals surface area contributed by atoms with Crippen molar-refractivity contribution in [2.75, 3.05) is 0 Å². The van der Waals surface area contributed by atoms with Crippen LogP contribution in [0.3, 0.4) is 0 Å². The van der Waals surface area contributed by atoms with Gasteiger partial charge in [0, 0.05) is 0 Å². The molecule has 182 valence electrons. The van der Waals surface area contributed by atoms with Crippen molar-refractivity contribution in [1.29, 1.82) is 0 Å². The van der Waals surface area contributed by atoms with Crippen LogP contribution in [0.15, 0.2) is 140 Å². The van der Waals surface area contributed by atoms with Crippen molar-refractivity contribution in [3.05, 3.63) is 145 Å². The van der Waals surface area contributed by atoms with Gasteiger partial charge < -0.3 is 0 Å². The summed E-state index contributed by atoms with van der Waals surface area (Å²) in [7, 11) is 0. The average molecular weight is 495 g/mol. The zero-order valence-corrected chi connectivity index (χ0v) is 21.8. The Morgan fingerprint density at radius 2 is 0.923 bits per heavy atom. The minimum Gasteiger partial charge on any atom is -0.0622 e. The van der Waals surface area contributed by atoms with Gasteiger partial charge in [-0.1, -0.05) is 133 Å². The van der Waals surface area contributed by atoms with Gasteiger partial charge in [0.25, 0.3) is 0 Å². The lowest BCUT2D eigenvalue weighted by molar-refractivity contribution is 1.46. The van der Waals surface area contributed by atoms with Crippen LogP contribution in [0.4, 0.5) is 0 Å². The van der Waals surface area contributed by atoms with Crippen molar-refractivity contribution < 1.29 is 0 Å². The third kappa shape index (κ3) is 3.46. The molecule has 8 aromatic carbocycles. The van der Waals surface area contributed by atoms with Gasteiger partial charge in [0.2, 0.25) is 0 Å². The lowest BCUT2D eigenvalue weighted by Gasteiger charge is -2.18. The summed E-state index contributed by atoms with van der Waals surface area (Å²) < 4.78 is 0. The Bertz CT molecular complexity index is 2160. The van der Waals surface area contributed by atoms with E-state index in [-0.39, 0.29) is 0 Å². The van der Waals surface area contributed by atoms with Crippen molar-refractivity contribution in [2.24, 2.45) is 0 Å². The first kappa shape index (κ1) is 22.1. The van der Waals surface area contributed by atoms with Gasteiger partial charge in [0.15, 0.2) is 0 Å². The van der Waals surface area contributed by atoms with Crippen LogP contribution >= 0.6 is 0 Å². The minimum atomic E-state index is 1.25. The van der Waals surface area contributed by atoms with Gasteiger partial charge in [-0.2, -0.15) is 0 Å². The summed E-state index contributed by atoms with van der Waals surface area (Å²) in [5, 5.41) is 10.5. The normalized spacial score (nSPS) is 11.7. The molecule has 0 atom stereocenters. The predicted octanol–water partition coefficient (Wildman–Crippen LogP) is 11.0. The second-order valence-electron chi connectivity index (χ2n) is 10.6. The second kappa shape index (κ2) is 8.55. The van der Waals surface area contributed by atoms with Crippen LogP contribution in [0.1, 0.15) is 5.56 Å². The largest absolute Gasteiger partial charge is 0.0622 e. The monoisotopic (exact) mass is 494 g/mol. The van der Waals surface area contributed by atoms with E-state index in [4.69, 9.17) is 0 Å². The van der Waals surface area contributed by atoms with Crippen molar-refractivity contribution in [3.8, 4) is 33.4 Å². The topological polar surface area (TPSA) is 0 Å². The first-order chi connectivity index (χ1) is 19.2. The van der Waals surface area contributed by atoms with Crippen LogP contribution in [0.25, 0.3) is 76.5 Å². The zero-order valence-electron chi connectivity index (χ0n) is 21.8. The SMILES string of the molecule is Cc1cc(-c2ccccc2)cc(-c2ccc3ccc4c(-c5cccc6ccccc56)ccc5ccc2c3c54)c1. The Labute approximate surface area is 228 Å². The molecule has 0 fully saturated rings. The fourth-order valence-electron chi connectivity index (χ4n) is 6.48. The van der Waals surface area contributed by atoms with Crippen molar-refractivity contribution in [3.63, 3.8) is 0 Å². The second-order valence-corrected chi connectivity index (χ2v) is 10.6. The number of hydrogen-bond donors (Lipinski definition) is 0. The molecule has 0 unspecified atom stereocenters. The number of aryl methyl sites for hydroxylation is 1. The number of benzene rings is 8. The Morgan fingerprint density at radius 1 is 0.333 bits per heavy atom. The molecule has 0 aliphatic heterocycles. The molecule has 0 radical (unpaired) electrons. The molecule has 0 spiro atoms. The summed E-state index contributed by atoms with van der Waals surface area (Å²) >= 11 is 0. The standard InChI is InChI=1S/C39H26/c1-25-22-30(26-8-3-2-4-9-26)24-31(23-25)33-18-14-28-17-21-37-35(19-15-29-16-20-36(33)38(28)39(29)37)34-13-7-11-27-10-5-6-12-32(27)34/h2-24H,1H3. The van der Waals surface area contributed by atoms with Gasteiger partial charge in [-0.3, -0.25) is 0 Å². The van der Waals surface area contributed by atoms with E-state index >= 15 is 0 Å². The molecule has 0 saturated carbocycles. The van der Waals surface area contributed by atoms with E-state index in [2.05, 4.69) is 146 Å². The smallest absolute Gasteiger partial charge is 0.00203 e. The maximum atomic E-state index is 2.34. The fraction of sp³-hybridized carbons (Fsp3) is 0.0256. The Balaban J connectivity index is 1.41. The van der Waals surface area contributed by atoms with Crippen LogP contribution in [-0.4, -0.2) is 0 Å². The van der Waals surface area contributed by atoms with Crippen LogP contribution < -0.4 is 0 Å². The van der Waals surface area contributed by atoms with Gasteiger partial charge >= 0.3 is 0 Å². The lowest BCUT2D eigenvalue weighted by atomic mass is 9.86. The summed E-state index contributed by atoms with van der Waals surface area (Å²) in [6.07, 6.45) is 0. The zero-order chi connectivity index (χ0) is 25.9. The predicted molar refractivity (Wildman–Crippen MR) is 169 cm³/mol. The summed E-state index contributed by atoms with van der Waals surface area (Å²) in [6.45, 7) is 2.20. The van der Waals surface area contributed by atoms with Crippen molar-refractivity contribution in [2.45, 2.75) is 6.92 Å². The Hall–Kier alpha value is -4.94. The summed E-state index contributed by atoms with van der Waals surface area (Å²) in [5.41, 5.74) is 8.91. The molecule has 39 heavy (non-hydrogen) atoms. The quantitative estimate of drug-likeness (QED) is 0.214. The molecule has 0 nitrogen and oxygen atoms in total. The molecule has 0 aromatic heterocycles. The van der Waals surface area contributed by atoms with E-state index in [0.29, 0.717) is 0 Å². The first-order valence-corrected chi connectivity index (χ1v) is 13.6. The highest BCUT2D eigenvalue weighted by Crippen LogP contribution is 2.43. The van der Waals surface area contributed by atoms with Gasteiger partial charge in [-0.05, 0) is 95.0 Å². The van der Waals surface area contributed by atoms with E-state index < -0.39 is 0 Å². The summed E-state index contributed by atoms with van der Waals surface area (Å²) in [5.74, 6) is 0. The molecule has 0 aliphatic rings. The molecule has 0 aliphatic carbocycles. The van der Waals surface area contributed by atoms with Gasteiger partial charge in [0.1, 0.15) is 0 Å². The maximum Gasteiger partial charge on any atom is -0.00203 e. The molecule has 0 N–H and O–H groups in total. The number of rotatable bonds is 3. The molecule has 0 saturated heterocycles. The first-order valence-electron chi connectivity index (χ1n) is 13.6. The highest BCUT2D eigenvalue weighted by Gasteiger charge is 2.16. The number of fused-ring (bicyclic) bond motifs is 1.